The molecule has 12 nitrogen and oxygen atoms in total. The molecule has 394 valence electrons. The average Bonchev–Trinajstić information content (AvgIpc) is 3.33. The first kappa shape index (κ1) is 63.2. The van der Waals surface area contributed by atoms with Gasteiger partial charge in [0.05, 0.1) is 6.61 Å². The van der Waals surface area contributed by atoms with Gasteiger partial charge in [-0.1, -0.05) is 190 Å². The maximum atomic E-state index is 13.1. The molecule has 12 heteroatoms. The molecule has 0 aromatic heterocycles. The molecule has 0 aromatic rings. The number of rotatable bonds is 44. The summed E-state index contributed by atoms with van der Waals surface area (Å²) in [4.78, 5) is 50.8. The maximum Gasteiger partial charge on any atom is 0.335 e. The van der Waals surface area contributed by atoms with Gasteiger partial charge in [-0.15, -0.1) is 0 Å². The van der Waals surface area contributed by atoms with Crippen molar-refractivity contribution in [2.24, 2.45) is 0 Å². The van der Waals surface area contributed by atoms with E-state index in [1.165, 1.54) is 57.8 Å². The number of ether oxygens (including phenoxy) is 5. The Morgan fingerprint density at radius 3 is 1.49 bits per heavy atom. The minimum absolute atomic E-state index is 0.0433. The fraction of sp³-hybridized carbons (Fsp3) is 0.719. The van der Waals surface area contributed by atoms with E-state index < -0.39 is 67.3 Å². The Labute approximate surface area is 417 Å². The fourth-order valence-corrected chi connectivity index (χ4v) is 7.62. The number of hydrogen-bond acceptors (Lipinski definition) is 11. The Kier molecular flexibility index (Phi) is 41.5. The first-order valence-electron chi connectivity index (χ1n) is 26.9. The Morgan fingerprint density at radius 1 is 0.493 bits per heavy atom. The van der Waals surface area contributed by atoms with Gasteiger partial charge >= 0.3 is 23.9 Å². The summed E-state index contributed by atoms with van der Waals surface area (Å²) in [6.07, 6.45) is 43.3. The van der Waals surface area contributed by atoms with Crippen LogP contribution in [0.1, 0.15) is 213 Å². The number of aliphatic carboxylic acids is 1. The molecule has 0 bridgehead atoms. The summed E-state index contributed by atoms with van der Waals surface area (Å²) >= 11 is 0. The quantitative estimate of drug-likeness (QED) is 0.0228. The van der Waals surface area contributed by atoms with Crippen molar-refractivity contribution in [3.63, 3.8) is 0 Å². The van der Waals surface area contributed by atoms with Crippen LogP contribution in [0, 0.1) is 0 Å². The molecule has 0 radical (unpaired) electrons. The summed E-state index contributed by atoms with van der Waals surface area (Å²) in [5, 5.41) is 31.3. The van der Waals surface area contributed by atoms with Gasteiger partial charge in [0.1, 0.15) is 18.8 Å². The molecule has 1 aliphatic rings. The highest BCUT2D eigenvalue weighted by atomic mass is 16.7. The lowest BCUT2D eigenvalue weighted by Gasteiger charge is -2.40. The number of esters is 3. The molecule has 0 amide bonds. The predicted octanol–water partition coefficient (Wildman–Crippen LogP) is 13.0. The van der Waals surface area contributed by atoms with E-state index in [0.717, 1.165) is 89.9 Å². The molecule has 0 aromatic carbocycles. The smallest absolute Gasteiger partial charge is 0.335 e. The molecule has 1 fully saturated rings. The highest BCUT2D eigenvalue weighted by molar-refractivity contribution is 5.74. The van der Waals surface area contributed by atoms with E-state index in [9.17, 15) is 34.5 Å². The van der Waals surface area contributed by atoms with Crippen molar-refractivity contribution in [1.82, 2.24) is 0 Å². The summed E-state index contributed by atoms with van der Waals surface area (Å²) in [6, 6.07) is 0. The van der Waals surface area contributed by atoms with Crippen LogP contribution in [0.3, 0.4) is 0 Å². The molecular weight excluding hydrogens is 877 g/mol. The molecule has 0 aliphatic carbocycles. The van der Waals surface area contributed by atoms with E-state index in [1.54, 1.807) is 0 Å². The Hall–Kier alpha value is -3.84. The monoisotopic (exact) mass is 971 g/mol. The van der Waals surface area contributed by atoms with Gasteiger partial charge in [0.15, 0.2) is 24.6 Å². The van der Waals surface area contributed by atoms with Gasteiger partial charge in [-0.2, -0.15) is 0 Å². The van der Waals surface area contributed by atoms with Gasteiger partial charge in [0, 0.05) is 19.3 Å². The first-order chi connectivity index (χ1) is 33.6. The lowest BCUT2D eigenvalue weighted by Crippen LogP contribution is -2.61. The molecule has 0 spiro atoms. The maximum absolute atomic E-state index is 13.1. The molecule has 1 rings (SSSR count). The highest BCUT2D eigenvalue weighted by Crippen LogP contribution is 2.26. The summed E-state index contributed by atoms with van der Waals surface area (Å²) in [7, 11) is 0. The van der Waals surface area contributed by atoms with E-state index >= 15 is 0 Å². The van der Waals surface area contributed by atoms with E-state index in [0.29, 0.717) is 25.7 Å². The van der Waals surface area contributed by atoms with E-state index in [4.69, 9.17) is 23.7 Å². The van der Waals surface area contributed by atoms with Gasteiger partial charge in [-0.25, -0.2) is 4.79 Å². The molecule has 1 heterocycles. The minimum Gasteiger partial charge on any atom is -0.479 e. The second kappa shape index (κ2) is 45.3. The van der Waals surface area contributed by atoms with Crippen molar-refractivity contribution in [3.8, 4) is 0 Å². The van der Waals surface area contributed by atoms with E-state index in [2.05, 4.69) is 87.6 Å². The third-order valence-electron chi connectivity index (χ3n) is 11.8. The molecule has 1 aliphatic heterocycles. The lowest BCUT2D eigenvalue weighted by atomic mass is 9.98. The van der Waals surface area contributed by atoms with Crippen LogP contribution in [0.4, 0.5) is 0 Å². The van der Waals surface area contributed by atoms with Gasteiger partial charge in [-0.3, -0.25) is 14.4 Å². The topological polar surface area (TPSA) is 175 Å². The standard InChI is InChI=1S/C57H94O12/c1-4-7-10-13-16-19-22-23-24-25-26-27-30-31-34-37-40-43-49(58)65-46-48(67-50(59)44-41-38-35-32-28-20-17-14-11-8-5-2)47-66-57-55(53(62)52(61)54(69-57)56(63)64)68-51(60)45-42-39-36-33-29-21-18-15-12-9-6-3/h7,10,15-16,18-19,23-24,26-27,31,34,48,52-55,57,61-62H,4-6,8-9,11-14,17,20-22,25,28-30,32-33,35-47H2,1-3H3,(H,63,64)/b10-7-,18-15-,19-16-,24-23-,27-26-,34-31-. The van der Waals surface area contributed by atoms with Crippen LogP contribution in [0.25, 0.3) is 0 Å². The molecule has 69 heavy (non-hydrogen) atoms. The van der Waals surface area contributed by atoms with Crippen LogP contribution in [0.15, 0.2) is 72.9 Å². The van der Waals surface area contributed by atoms with Crippen LogP contribution < -0.4 is 0 Å². The largest absolute Gasteiger partial charge is 0.479 e. The average molecular weight is 971 g/mol. The van der Waals surface area contributed by atoms with Crippen molar-refractivity contribution in [3.05, 3.63) is 72.9 Å². The number of allylic oxidation sites excluding steroid dienone is 12. The molecule has 6 atom stereocenters. The Balaban J connectivity index is 2.75. The van der Waals surface area contributed by atoms with Gasteiger partial charge in [0.2, 0.25) is 0 Å². The van der Waals surface area contributed by atoms with Crippen molar-refractivity contribution >= 4 is 23.9 Å². The third-order valence-corrected chi connectivity index (χ3v) is 11.8. The highest BCUT2D eigenvalue weighted by Gasteiger charge is 2.50. The number of carbonyl (C=O) groups is 4. The number of carbonyl (C=O) groups excluding carboxylic acids is 3. The van der Waals surface area contributed by atoms with Crippen molar-refractivity contribution in [2.75, 3.05) is 13.2 Å². The normalized spacial score (nSPS) is 19.2. The van der Waals surface area contributed by atoms with Crippen molar-refractivity contribution in [1.29, 1.82) is 0 Å². The minimum atomic E-state index is -1.91. The second-order valence-corrected chi connectivity index (χ2v) is 18.1. The Bertz CT molecular complexity index is 1480. The van der Waals surface area contributed by atoms with Gasteiger partial charge in [0.25, 0.3) is 0 Å². The SMILES string of the molecule is CC/C=C\C/C=C\C/C=C\C/C=C\C/C=C\CCCC(=O)OCC(COC1OC(C(=O)O)C(O)C(O)C1OC(=O)CCCCCCC/C=C\CCCC)OC(=O)CCCCCCCCCCCCC. The zero-order valence-corrected chi connectivity index (χ0v) is 43.0. The lowest BCUT2D eigenvalue weighted by molar-refractivity contribution is -0.301. The van der Waals surface area contributed by atoms with Crippen LogP contribution in [-0.4, -0.2) is 89.2 Å². The zero-order chi connectivity index (χ0) is 50.4. The first-order valence-corrected chi connectivity index (χ1v) is 26.9. The number of unbranched alkanes of at least 4 members (excludes halogenated alkanes) is 18. The van der Waals surface area contributed by atoms with Crippen molar-refractivity contribution < 1.29 is 58.2 Å². The molecule has 3 N–H and O–H groups in total. The molecule has 6 unspecified atom stereocenters. The summed E-state index contributed by atoms with van der Waals surface area (Å²) < 4.78 is 28.2. The molecule has 1 saturated heterocycles. The Morgan fingerprint density at radius 2 is 0.942 bits per heavy atom. The summed E-state index contributed by atoms with van der Waals surface area (Å²) in [5.41, 5.74) is 0. The third kappa shape index (κ3) is 35.8. The van der Waals surface area contributed by atoms with E-state index in [-0.39, 0.29) is 25.9 Å². The van der Waals surface area contributed by atoms with Gasteiger partial charge in [-0.05, 0) is 77.0 Å². The molecule has 0 saturated carbocycles. The van der Waals surface area contributed by atoms with Gasteiger partial charge < -0.3 is 39.0 Å². The van der Waals surface area contributed by atoms with E-state index in [1.807, 2.05) is 6.08 Å². The number of carboxylic acids is 1. The van der Waals surface area contributed by atoms with Crippen LogP contribution >= 0.6 is 0 Å². The number of carboxylic acid groups (broad SMARTS) is 1. The summed E-state index contributed by atoms with van der Waals surface area (Å²) in [6.45, 7) is 5.75. The number of aliphatic hydroxyl groups excluding tert-OH is 2. The predicted molar refractivity (Wildman–Crippen MR) is 275 cm³/mol. The van der Waals surface area contributed by atoms with Crippen molar-refractivity contribution in [2.45, 2.75) is 250 Å². The zero-order valence-electron chi connectivity index (χ0n) is 43.0. The fourth-order valence-electron chi connectivity index (χ4n) is 7.62. The number of hydrogen-bond donors (Lipinski definition) is 3. The summed E-state index contributed by atoms with van der Waals surface area (Å²) in [5.74, 6) is -3.21. The second-order valence-electron chi connectivity index (χ2n) is 18.1. The van der Waals surface area contributed by atoms with Crippen LogP contribution in [-0.2, 0) is 42.9 Å². The van der Waals surface area contributed by atoms with Crippen LogP contribution in [0.5, 0.6) is 0 Å². The molecular formula is C57H94O12. The van der Waals surface area contributed by atoms with Crippen LogP contribution in [0.2, 0.25) is 0 Å². The number of aliphatic hydroxyl groups is 2.